The molecule has 8 heteroatoms. The highest BCUT2D eigenvalue weighted by Crippen LogP contribution is 2.32. The van der Waals surface area contributed by atoms with E-state index in [0.29, 0.717) is 13.1 Å². The van der Waals surface area contributed by atoms with Crippen LogP contribution in [0.2, 0.25) is 10.0 Å². The molecular formula is C13H19Cl2N3O2S. The van der Waals surface area contributed by atoms with Gasteiger partial charge in [0.2, 0.25) is 10.0 Å². The minimum atomic E-state index is -3.68. The van der Waals surface area contributed by atoms with Gasteiger partial charge in [-0.1, -0.05) is 29.6 Å². The molecule has 5 nitrogen and oxygen atoms in total. The van der Waals surface area contributed by atoms with E-state index < -0.39 is 10.0 Å². The number of likely N-dealkylation sites (tertiary alicyclic amines) is 1. The first kappa shape index (κ1) is 16.8. The Morgan fingerprint density at radius 2 is 1.86 bits per heavy atom. The number of nitrogens with one attached hydrogen (secondary N) is 1. The Morgan fingerprint density at radius 3 is 2.52 bits per heavy atom. The van der Waals surface area contributed by atoms with Crippen LogP contribution in [-0.2, 0) is 10.0 Å². The van der Waals surface area contributed by atoms with E-state index in [1.165, 1.54) is 31.4 Å². The second-order valence-electron chi connectivity index (χ2n) is 5.07. The molecule has 0 unspecified atom stereocenters. The molecule has 1 aromatic carbocycles. The Balaban J connectivity index is 2.00. The summed E-state index contributed by atoms with van der Waals surface area (Å²) in [5, 5.41) is 0.209. The minimum Gasteiger partial charge on any atom is -0.396 e. The average molecular weight is 352 g/mol. The van der Waals surface area contributed by atoms with E-state index in [0.717, 1.165) is 13.1 Å². The molecular weight excluding hydrogens is 333 g/mol. The third kappa shape index (κ3) is 4.23. The Kier molecular flexibility index (Phi) is 5.73. The standard InChI is InChI=1S/C13H19Cl2N3O2S/c14-10-4-5-11(12(15)13(10)16)21(19,20)17-6-9-18-7-2-1-3-8-18/h4-5,17H,1-3,6-9,16H2. The van der Waals surface area contributed by atoms with Gasteiger partial charge in [-0.05, 0) is 38.1 Å². The van der Waals surface area contributed by atoms with Crippen molar-refractivity contribution in [2.45, 2.75) is 24.2 Å². The SMILES string of the molecule is Nc1c(Cl)ccc(S(=O)(=O)NCCN2CCCCC2)c1Cl. The Morgan fingerprint density at radius 1 is 1.19 bits per heavy atom. The normalized spacial score (nSPS) is 17.0. The van der Waals surface area contributed by atoms with Crippen molar-refractivity contribution in [3.8, 4) is 0 Å². The Bertz CT molecular complexity index is 602. The maximum Gasteiger partial charge on any atom is 0.242 e. The lowest BCUT2D eigenvalue weighted by Gasteiger charge is -2.26. The van der Waals surface area contributed by atoms with Gasteiger partial charge < -0.3 is 10.6 Å². The molecule has 1 aromatic rings. The first-order chi connectivity index (χ1) is 9.92. The number of halogens is 2. The van der Waals surface area contributed by atoms with Crippen molar-refractivity contribution in [3.05, 3.63) is 22.2 Å². The quantitative estimate of drug-likeness (QED) is 0.798. The van der Waals surface area contributed by atoms with Crippen LogP contribution in [0.15, 0.2) is 17.0 Å². The summed E-state index contributed by atoms with van der Waals surface area (Å²) in [7, 11) is -3.68. The fourth-order valence-electron chi connectivity index (χ4n) is 2.36. The maximum atomic E-state index is 12.2. The summed E-state index contributed by atoms with van der Waals surface area (Å²) in [5.74, 6) is 0. The molecule has 0 bridgehead atoms. The van der Waals surface area contributed by atoms with Gasteiger partial charge in [0, 0.05) is 13.1 Å². The molecule has 1 aliphatic rings. The number of anilines is 1. The van der Waals surface area contributed by atoms with Gasteiger partial charge in [-0.15, -0.1) is 0 Å². The van der Waals surface area contributed by atoms with Crippen molar-refractivity contribution in [2.24, 2.45) is 0 Å². The summed E-state index contributed by atoms with van der Waals surface area (Å²) in [6.45, 7) is 3.09. The topological polar surface area (TPSA) is 75.4 Å². The van der Waals surface area contributed by atoms with E-state index in [4.69, 9.17) is 28.9 Å². The molecule has 0 saturated carbocycles. The molecule has 1 saturated heterocycles. The van der Waals surface area contributed by atoms with Crippen molar-refractivity contribution in [1.82, 2.24) is 9.62 Å². The van der Waals surface area contributed by atoms with Gasteiger partial charge in [-0.3, -0.25) is 0 Å². The zero-order valence-corrected chi connectivity index (χ0v) is 13.9. The summed E-state index contributed by atoms with van der Waals surface area (Å²) in [4.78, 5) is 2.22. The van der Waals surface area contributed by atoms with Gasteiger partial charge in [0.15, 0.2) is 0 Å². The summed E-state index contributed by atoms with van der Waals surface area (Å²) >= 11 is 11.8. The summed E-state index contributed by atoms with van der Waals surface area (Å²) < 4.78 is 27.0. The van der Waals surface area contributed by atoms with Gasteiger partial charge in [-0.25, -0.2) is 13.1 Å². The largest absolute Gasteiger partial charge is 0.396 e. The molecule has 0 spiro atoms. The van der Waals surface area contributed by atoms with Gasteiger partial charge in [0.1, 0.15) is 4.90 Å². The third-order valence-electron chi connectivity index (χ3n) is 3.55. The van der Waals surface area contributed by atoms with Crippen molar-refractivity contribution < 1.29 is 8.42 Å². The van der Waals surface area contributed by atoms with Crippen molar-refractivity contribution >= 4 is 38.9 Å². The summed E-state index contributed by atoms with van der Waals surface area (Å²) in [6, 6.07) is 2.80. The van der Waals surface area contributed by atoms with Crippen LogP contribution < -0.4 is 10.5 Å². The van der Waals surface area contributed by atoms with Crippen LogP contribution in [-0.4, -0.2) is 39.5 Å². The molecule has 2 rings (SSSR count). The summed E-state index contributed by atoms with van der Waals surface area (Å²) in [6.07, 6.45) is 3.60. The number of sulfonamides is 1. The van der Waals surface area contributed by atoms with Crippen molar-refractivity contribution in [1.29, 1.82) is 0 Å². The lowest BCUT2D eigenvalue weighted by molar-refractivity contribution is 0.233. The Hall–Kier alpha value is -0.530. The first-order valence-corrected chi connectivity index (χ1v) is 9.11. The fourth-order valence-corrected chi connectivity index (χ4v) is 4.14. The summed E-state index contributed by atoms with van der Waals surface area (Å²) in [5.41, 5.74) is 5.74. The predicted molar refractivity (Wildman–Crippen MR) is 86.4 cm³/mol. The van der Waals surface area contributed by atoms with E-state index in [1.54, 1.807) is 0 Å². The number of rotatable bonds is 5. The molecule has 0 radical (unpaired) electrons. The van der Waals surface area contributed by atoms with Crippen LogP contribution in [0, 0.1) is 0 Å². The van der Waals surface area contributed by atoms with E-state index in [9.17, 15) is 8.42 Å². The number of nitrogen functional groups attached to an aromatic ring is 1. The highest BCUT2D eigenvalue weighted by atomic mass is 35.5. The smallest absolute Gasteiger partial charge is 0.242 e. The molecule has 0 aliphatic carbocycles. The predicted octanol–water partition coefficient (Wildman–Crippen LogP) is 2.34. The zero-order valence-electron chi connectivity index (χ0n) is 11.6. The van der Waals surface area contributed by atoms with Crippen LogP contribution in [0.25, 0.3) is 0 Å². The number of piperidine rings is 1. The fraction of sp³-hybridized carbons (Fsp3) is 0.538. The van der Waals surface area contributed by atoms with Crippen molar-refractivity contribution in [3.63, 3.8) is 0 Å². The molecule has 1 heterocycles. The van der Waals surface area contributed by atoms with Crippen LogP contribution in [0.4, 0.5) is 5.69 Å². The molecule has 0 aromatic heterocycles. The van der Waals surface area contributed by atoms with Gasteiger partial charge in [0.05, 0.1) is 15.7 Å². The Labute approximate surface area is 135 Å². The highest BCUT2D eigenvalue weighted by molar-refractivity contribution is 7.89. The first-order valence-electron chi connectivity index (χ1n) is 6.87. The number of hydrogen-bond acceptors (Lipinski definition) is 4. The third-order valence-corrected chi connectivity index (χ3v) is 5.90. The minimum absolute atomic E-state index is 0.0343. The van der Waals surface area contributed by atoms with Crippen LogP contribution in [0.1, 0.15) is 19.3 Å². The van der Waals surface area contributed by atoms with Gasteiger partial charge in [0.25, 0.3) is 0 Å². The molecule has 0 amide bonds. The molecule has 1 fully saturated rings. The van der Waals surface area contributed by atoms with E-state index in [-0.39, 0.29) is 20.6 Å². The molecule has 118 valence electrons. The molecule has 0 atom stereocenters. The monoisotopic (exact) mass is 351 g/mol. The number of nitrogens with zero attached hydrogens (tertiary/aromatic N) is 1. The molecule has 3 N–H and O–H groups in total. The molecule has 21 heavy (non-hydrogen) atoms. The van der Waals surface area contributed by atoms with Crippen molar-refractivity contribution in [2.75, 3.05) is 31.9 Å². The number of hydrogen-bond donors (Lipinski definition) is 2. The average Bonchev–Trinajstić information content (AvgIpc) is 2.45. The second kappa shape index (κ2) is 7.15. The van der Waals surface area contributed by atoms with E-state index in [1.807, 2.05) is 0 Å². The van der Waals surface area contributed by atoms with Gasteiger partial charge in [-0.2, -0.15) is 0 Å². The zero-order chi connectivity index (χ0) is 15.5. The van der Waals surface area contributed by atoms with Crippen LogP contribution in [0.3, 0.4) is 0 Å². The lowest BCUT2D eigenvalue weighted by atomic mass is 10.1. The van der Waals surface area contributed by atoms with Crippen LogP contribution in [0.5, 0.6) is 0 Å². The van der Waals surface area contributed by atoms with E-state index in [2.05, 4.69) is 9.62 Å². The van der Waals surface area contributed by atoms with E-state index >= 15 is 0 Å². The van der Waals surface area contributed by atoms with Crippen LogP contribution >= 0.6 is 23.2 Å². The van der Waals surface area contributed by atoms with Gasteiger partial charge >= 0.3 is 0 Å². The second-order valence-corrected chi connectivity index (χ2v) is 7.59. The maximum absolute atomic E-state index is 12.2. The lowest BCUT2D eigenvalue weighted by Crippen LogP contribution is -2.37. The highest BCUT2D eigenvalue weighted by Gasteiger charge is 2.20. The number of nitrogens with two attached hydrogens (primary N) is 1. The molecule has 1 aliphatic heterocycles. The number of benzene rings is 1.